The van der Waals surface area contributed by atoms with E-state index < -0.39 is 0 Å². The average molecular weight is 217 g/mol. The number of carbonyl (C=O) groups is 1. The summed E-state index contributed by atoms with van der Waals surface area (Å²) in [6.07, 6.45) is 5.68. The molecule has 0 radical (unpaired) electrons. The van der Waals surface area contributed by atoms with Crippen LogP contribution in [0.1, 0.15) is 12.0 Å². The second kappa shape index (κ2) is 6.65. The van der Waals surface area contributed by atoms with Crippen molar-refractivity contribution in [2.75, 3.05) is 6.61 Å². The highest BCUT2D eigenvalue weighted by Gasteiger charge is 2.10. The van der Waals surface area contributed by atoms with Gasteiger partial charge in [-0.2, -0.15) is 0 Å². The van der Waals surface area contributed by atoms with Gasteiger partial charge in [-0.1, -0.05) is 36.3 Å². The molecule has 0 unspecified atom stereocenters. The fraction of sp³-hybridized carbons (Fsp3) is 0.308. The van der Waals surface area contributed by atoms with Crippen molar-refractivity contribution in [1.82, 2.24) is 5.32 Å². The highest BCUT2D eigenvalue weighted by Crippen LogP contribution is 2.02. The number of nitrogens with one attached hydrogen (secondary N) is 1. The predicted octanol–water partition coefficient (Wildman–Crippen LogP) is 0.729. The van der Waals surface area contributed by atoms with Crippen LogP contribution < -0.4 is 5.32 Å². The smallest absolute Gasteiger partial charge is 0.232 e. The van der Waals surface area contributed by atoms with Gasteiger partial charge in [0, 0.05) is 0 Å². The maximum absolute atomic E-state index is 11.2. The van der Waals surface area contributed by atoms with Gasteiger partial charge in [0.2, 0.25) is 5.91 Å². The largest absolute Gasteiger partial charge is 0.394 e. The van der Waals surface area contributed by atoms with Gasteiger partial charge in [0.15, 0.2) is 0 Å². The quantitative estimate of drug-likeness (QED) is 0.714. The topological polar surface area (TPSA) is 49.3 Å². The van der Waals surface area contributed by atoms with E-state index in [0.29, 0.717) is 6.42 Å². The van der Waals surface area contributed by atoms with Crippen molar-refractivity contribution in [3.8, 4) is 12.3 Å². The third-order valence-electron chi connectivity index (χ3n) is 2.17. The van der Waals surface area contributed by atoms with Crippen molar-refractivity contribution in [1.29, 1.82) is 0 Å². The van der Waals surface area contributed by atoms with E-state index in [4.69, 9.17) is 11.5 Å². The van der Waals surface area contributed by atoms with E-state index in [1.807, 2.05) is 30.3 Å². The molecule has 0 bridgehead atoms. The van der Waals surface area contributed by atoms with Gasteiger partial charge in [-0.05, 0) is 12.0 Å². The summed E-state index contributed by atoms with van der Waals surface area (Å²) in [5.41, 5.74) is 1.07. The van der Waals surface area contributed by atoms with Crippen LogP contribution in [0.25, 0.3) is 0 Å². The van der Waals surface area contributed by atoms with Crippen LogP contribution in [-0.2, 0) is 11.2 Å². The molecule has 3 heteroatoms. The number of aliphatic hydroxyl groups is 1. The summed E-state index contributed by atoms with van der Waals surface area (Å²) in [6.45, 7) is -0.0921. The standard InChI is InChI=1S/C13H15NO2/c1-2-6-13(16)14-12(10-15)9-11-7-4-3-5-8-11/h1,3-5,7-8,12,15H,6,9-10H2,(H,14,16)/t12-/m1/s1. The van der Waals surface area contributed by atoms with E-state index in [1.165, 1.54) is 0 Å². The molecule has 0 aliphatic rings. The Morgan fingerprint density at radius 3 is 2.69 bits per heavy atom. The van der Waals surface area contributed by atoms with Crippen LogP contribution in [0, 0.1) is 12.3 Å². The Morgan fingerprint density at radius 1 is 1.44 bits per heavy atom. The zero-order valence-corrected chi connectivity index (χ0v) is 9.02. The third-order valence-corrected chi connectivity index (χ3v) is 2.17. The number of rotatable bonds is 5. The normalized spacial score (nSPS) is 11.5. The maximum Gasteiger partial charge on any atom is 0.232 e. The molecule has 1 aromatic carbocycles. The van der Waals surface area contributed by atoms with Crippen LogP contribution in [0.3, 0.4) is 0 Å². The SMILES string of the molecule is C#CCC(=O)N[C@@H](CO)Cc1ccccc1. The number of carbonyl (C=O) groups excluding carboxylic acids is 1. The molecule has 1 aromatic rings. The first kappa shape index (κ1) is 12.3. The Bertz CT molecular complexity index is 367. The second-order valence-electron chi connectivity index (χ2n) is 3.52. The summed E-state index contributed by atoms with van der Waals surface area (Å²) >= 11 is 0. The van der Waals surface area contributed by atoms with Crippen LogP contribution in [0.2, 0.25) is 0 Å². The minimum absolute atomic E-state index is 0.0469. The van der Waals surface area contributed by atoms with Gasteiger partial charge < -0.3 is 10.4 Å². The van der Waals surface area contributed by atoms with Gasteiger partial charge in [-0.3, -0.25) is 4.79 Å². The molecule has 0 saturated heterocycles. The molecular formula is C13H15NO2. The van der Waals surface area contributed by atoms with Crippen molar-refractivity contribution in [3.05, 3.63) is 35.9 Å². The first-order chi connectivity index (χ1) is 7.76. The average Bonchev–Trinajstić information content (AvgIpc) is 2.30. The van der Waals surface area contributed by atoms with E-state index in [2.05, 4.69) is 11.2 Å². The molecule has 0 aromatic heterocycles. The summed E-state index contributed by atoms with van der Waals surface area (Å²) in [5.74, 6) is 2.04. The van der Waals surface area contributed by atoms with Crippen LogP contribution in [0.4, 0.5) is 0 Å². The van der Waals surface area contributed by atoms with E-state index in [1.54, 1.807) is 0 Å². The van der Waals surface area contributed by atoms with E-state index in [9.17, 15) is 4.79 Å². The molecule has 0 saturated carbocycles. The lowest BCUT2D eigenvalue weighted by molar-refractivity contribution is -0.121. The minimum atomic E-state index is -0.275. The summed E-state index contributed by atoms with van der Waals surface area (Å²) in [5, 5.41) is 11.8. The van der Waals surface area contributed by atoms with Crippen molar-refractivity contribution in [3.63, 3.8) is 0 Å². The molecule has 1 amide bonds. The Morgan fingerprint density at radius 2 is 2.12 bits per heavy atom. The summed E-state index contributed by atoms with van der Waals surface area (Å²) < 4.78 is 0. The first-order valence-corrected chi connectivity index (χ1v) is 5.14. The second-order valence-corrected chi connectivity index (χ2v) is 3.52. The lowest BCUT2D eigenvalue weighted by atomic mass is 10.1. The molecule has 3 nitrogen and oxygen atoms in total. The monoisotopic (exact) mass is 217 g/mol. The van der Waals surface area contributed by atoms with Gasteiger partial charge in [0.1, 0.15) is 0 Å². The third kappa shape index (κ3) is 4.16. The fourth-order valence-electron chi connectivity index (χ4n) is 1.43. The lowest BCUT2D eigenvalue weighted by Gasteiger charge is -2.15. The maximum atomic E-state index is 11.2. The highest BCUT2D eigenvalue weighted by atomic mass is 16.3. The van der Waals surface area contributed by atoms with Gasteiger partial charge in [0.05, 0.1) is 19.1 Å². The van der Waals surface area contributed by atoms with E-state index in [-0.39, 0.29) is 25.0 Å². The summed E-state index contributed by atoms with van der Waals surface area (Å²) in [7, 11) is 0. The molecule has 0 spiro atoms. The van der Waals surface area contributed by atoms with Gasteiger partial charge in [0.25, 0.3) is 0 Å². The van der Waals surface area contributed by atoms with E-state index in [0.717, 1.165) is 5.56 Å². The molecular weight excluding hydrogens is 202 g/mol. The fourth-order valence-corrected chi connectivity index (χ4v) is 1.43. The number of amides is 1. The molecule has 16 heavy (non-hydrogen) atoms. The van der Waals surface area contributed by atoms with Crippen molar-refractivity contribution >= 4 is 5.91 Å². The number of hydrogen-bond donors (Lipinski definition) is 2. The molecule has 0 fully saturated rings. The van der Waals surface area contributed by atoms with Crippen molar-refractivity contribution in [2.24, 2.45) is 0 Å². The first-order valence-electron chi connectivity index (χ1n) is 5.14. The minimum Gasteiger partial charge on any atom is -0.394 e. The van der Waals surface area contributed by atoms with Crippen LogP contribution in [0.15, 0.2) is 30.3 Å². The number of aliphatic hydroxyl groups excluding tert-OH is 1. The number of terminal acetylenes is 1. The molecule has 0 aliphatic carbocycles. The summed E-state index contributed by atoms with van der Waals surface area (Å²) in [6, 6.07) is 9.41. The van der Waals surface area contributed by atoms with Crippen LogP contribution in [-0.4, -0.2) is 23.7 Å². The molecule has 1 rings (SSSR count). The van der Waals surface area contributed by atoms with Crippen LogP contribution in [0.5, 0.6) is 0 Å². The number of benzene rings is 1. The summed E-state index contributed by atoms with van der Waals surface area (Å²) in [4.78, 5) is 11.2. The van der Waals surface area contributed by atoms with Gasteiger partial charge in [-0.15, -0.1) is 6.42 Å². The molecule has 2 N–H and O–H groups in total. The Hall–Kier alpha value is -1.79. The highest BCUT2D eigenvalue weighted by molar-refractivity contribution is 5.78. The van der Waals surface area contributed by atoms with Crippen LogP contribution >= 0.6 is 0 Å². The zero-order valence-electron chi connectivity index (χ0n) is 9.02. The predicted molar refractivity (Wildman–Crippen MR) is 62.6 cm³/mol. The lowest BCUT2D eigenvalue weighted by Crippen LogP contribution is -2.38. The number of hydrogen-bond acceptors (Lipinski definition) is 2. The molecule has 0 aliphatic heterocycles. The van der Waals surface area contributed by atoms with Crippen molar-refractivity contribution < 1.29 is 9.90 Å². The molecule has 0 heterocycles. The zero-order chi connectivity index (χ0) is 11.8. The van der Waals surface area contributed by atoms with Crippen molar-refractivity contribution in [2.45, 2.75) is 18.9 Å². The van der Waals surface area contributed by atoms with Gasteiger partial charge >= 0.3 is 0 Å². The van der Waals surface area contributed by atoms with Gasteiger partial charge in [-0.25, -0.2) is 0 Å². The molecule has 84 valence electrons. The molecule has 1 atom stereocenters. The Kier molecular flexibility index (Phi) is 5.10. The Labute approximate surface area is 95.5 Å². The van der Waals surface area contributed by atoms with E-state index >= 15 is 0 Å². The Balaban J connectivity index is 2.50.